The number of amides is 1. The van der Waals surface area contributed by atoms with Crippen molar-refractivity contribution in [1.82, 2.24) is 9.80 Å². The van der Waals surface area contributed by atoms with Crippen molar-refractivity contribution in [2.45, 2.75) is 25.3 Å². The number of rotatable bonds is 2. The van der Waals surface area contributed by atoms with Crippen LogP contribution in [0.25, 0.3) is 0 Å². The van der Waals surface area contributed by atoms with E-state index in [0.717, 1.165) is 32.6 Å². The summed E-state index contributed by atoms with van der Waals surface area (Å²) in [7, 11) is 0. The van der Waals surface area contributed by atoms with Gasteiger partial charge in [-0.25, -0.2) is 4.79 Å². The number of hydrogen-bond acceptors (Lipinski definition) is 2. The lowest BCUT2D eigenvalue weighted by Gasteiger charge is -2.40. The monoisotopic (exact) mass is 184 g/mol. The first kappa shape index (κ1) is 8.81. The number of nitrogens with zero attached hydrogens (tertiary/aromatic N) is 2. The van der Waals surface area contributed by atoms with Crippen molar-refractivity contribution < 1.29 is 9.90 Å². The van der Waals surface area contributed by atoms with Crippen LogP contribution in [0.2, 0.25) is 0 Å². The molecular weight excluding hydrogens is 168 g/mol. The maximum absolute atomic E-state index is 10.7. The molecule has 2 rings (SSSR count). The average molecular weight is 184 g/mol. The average Bonchev–Trinajstić information content (AvgIpc) is 2.48. The summed E-state index contributed by atoms with van der Waals surface area (Å²) in [5.41, 5.74) is 0. The first-order valence-electron chi connectivity index (χ1n) is 4.99. The lowest BCUT2D eigenvalue weighted by Crippen LogP contribution is -2.55. The highest BCUT2D eigenvalue weighted by atomic mass is 16.4. The summed E-state index contributed by atoms with van der Waals surface area (Å²) in [5, 5.41) is 8.78. The molecule has 0 radical (unpaired) electrons. The summed E-state index contributed by atoms with van der Waals surface area (Å²) in [6, 6.07) is 0.274. The van der Waals surface area contributed by atoms with Gasteiger partial charge in [0.05, 0.1) is 0 Å². The lowest BCUT2D eigenvalue weighted by atomic mass is 10.0. The van der Waals surface area contributed by atoms with Gasteiger partial charge in [-0.05, 0) is 32.4 Å². The predicted octanol–water partition coefficient (Wildman–Crippen LogP) is 0.835. The maximum Gasteiger partial charge on any atom is 0.407 e. The molecule has 1 amide bonds. The van der Waals surface area contributed by atoms with E-state index in [1.807, 2.05) is 0 Å². The maximum atomic E-state index is 10.7. The third-order valence-electron chi connectivity index (χ3n) is 3.06. The van der Waals surface area contributed by atoms with E-state index in [1.54, 1.807) is 4.90 Å². The molecule has 2 fully saturated rings. The highest BCUT2D eigenvalue weighted by Gasteiger charge is 2.33. The van der Waals surface area contributed by atoms with Crippen LogP contribution in [0.4, 0.5) is 4.79 Å². The molecule has 0 saturated carbocycles. The zero-order valence-electron chi connectivity index (χ0n) is 7.78. The van der Waals surface area contributed by atoms with Crippen molar-refractivity contribution >= 4 is 6.09 Å². The molecule has 1 N–H and O–H groups in total. The van der Waals surface area contributed by atoms with E-state index in [-0.39, 0.29) is 6.04 Å². The molecule has 0 bridgehead atoms. The van der Waals surface area contributed by atoms with Crippen LogP contribution in [-0.4, -0.2) is 53.2 Å². The van der Waals surface area contributed by atoms with Crippen LogP contribution < -0.4 is 0 Å². The highest BCUT2D eigenvalue weighted by Crippen LogP contribution is 2.20. The van der Waals surface area contributed by atoms with Crippen LogP contribution in [-0.2, 0) is 0 Å². The van der Waals surface area contributed by atoms with E-state index in [9.17, 15) is 4.79 Å². The summed E-state index contributed by atoms with van der Waals surface area (Å²) < 4.78 is 0. The second-order valence-corrected chi connectivity index (χ2v) is 3.93. The summed E-state index contributed by atoms with van der Waals surface area (Å²) in [4.78, 5) is 14.6. The van der Waals surface area contributed by atoms with E-state index < -0.39 is 6.09 Å². The molecule has 2 heterocycles. The molecule has 0 spiro atoms. The Balaban J connectivity index is 1.78. The third-order valence-corrected chi connectivity index (χ3v) is 3.06. The number of hydrogen-bond donors (Lipinski definition) is 1. The van der Waals surface area contributed by atoms with Gasteiger partial charge in [0.15, 0.2) is 0 Å². The van der Waals surface area contributed by atoms with Gasteiger partial charge in [-0.3, -0.25) is 0 Å². The predicted molar refractivity (Wildman–Crippen MR) is 48.8 cm³/mol. The van der Waals surface area contributed by atoms with Crippen molar-refractivity contribution in [2.24, 2.45) is 0 Å². The van der Waals surface area contributed by atoms with Crippen molar-refractivity contribution in [1.29, 1.82) is 0 Å². The van der Waals surface area contributed by atoms with Gasteiger partial charge in [-0.15, -0.1) is 0 Å². The van der Waals surface area contributed by atoms with Crippen LogP contribution in [0.15, 0.2) is 0 Å². The van der Waals surface area contributed by atoms with Crippen molar-refractivity contribution in [3.05, 3.63) is 0 Å². The van der Waals surface area contributed by atoms with E-state index in [1.165, 1.54) is 12.8 Å². The van der Waals surface area contributed by atoms with Crippen molar-refractivity contribution in [2.75, 3.05) is 26.2 Å². The molecule has 0 aromatic heterocycles. The largest absolute Gasteiger partial charge is 0.465 e. The summed E-state index contributed by atoms with van der Waals surface area (Å²) in [5.74, 6) is 0. The number of carbonyl (C=O) groups is 1. The second kappa shape index (κ2) is 3.54. The van der Waals surface area contributed by atoms with Gasteiger partial charge < -0.3 is 14.9 Å². The fourth-order valence-electron chi connectivity index (χ4n) is 2.15. The van der Waals surface area contributed by atoms with Gasteiger partial charge in [0.2, 0.25) is 0 Å². The first-order chi connectivity index (χ1) is 6.27. The van der Waals surface area contributed by atoms with Crippen LogP contribution >= 0.6 is 0 Å². The Bertz CT molecular complexity index is 202. The first-order valence-corrected chi connectivity index (χ1v) is 4.99. The molecular formula is C9H16N2O2. The normalized spacial score (nSPS) is 28.9. The van der Waals surface area contributed by atoms with Crippen molar-refractivity contribution in [3.63, 3.8) is 0 Å². The highest BCUT2D eigenvalue weighted by molar-refractivity contribution is 5.66. The minimum absolute atomic E-state index is 0.274. The van der Waals surface area contributed by atoms with Gasteiger partial charge >= 0.3 is 6.09 Å². The summed E-state index contributed by atoms with van der Waals surface area (Å²) in [6.07, 6.45) is 2.85. The van der Waals surface area contributed by atoms with E-state index in [2.05, 4.69) is 4.90 Å². The summed E-state index contributed by atoms with van der Waals surface area (Å²) in [6.45, 7) is 3.99. The Morgan fingerprint density at radius 2 is 2.00 bits per heavy atom. The molecule has 0 aliphatic carbocycles. The third kappa shape index (κ3) is 1.77. The van der Waals surface area contributed by atoms with E-state index in [0.29, 0.717) is 0 Å². The molecule has 1 atom stereocenters. The fraction of sp³-hybridized carbons (Fsp3) is 0.889. The minimum atomic E-state index is -0.754. The standard InChI is InChI=1S/C9H16N2O2/c12-9(13)11-6-3-8(11)7-10-4-1-2-5-10/h8H,1-7H2,(H,12,13)/t8-/m0/s1. The lowest BCUT2D eigenvalue weighted by molar-refractivity contribution is 0.0585. The quantitative estimate of drug-likeness (QED) is 0.691. The van der Waals surface area contributed by atoms with Gasteiger partial charge in [-0.2, -0.15) is 0 Å². The zero-order chi connectivity index (χ0) is 9.26. The van der Waals surface area contributed by atoms with Crippen molar-refractivity contribution in [3.8, 4) is 0 Å². The molecule has 13 heavy (non-hydrogen) atoms. The van der Waals surface area contributed by atoms with Gasteiger partial charge in [0, 0.05) is 19.1 Å². The number of likely N-dealkylation sites (tertiary alicyclic amines) is 2. The molecule has 2 aliphatic rings. The van der Waals surface area contributed by atoms with Gasteiger partial charge in [0.25, 0.3) is 0 Å². The number of carboxylic acid groups (broad SMARTS) is 1. The van der Waals surface area contributed by atoms with E-state index in [4.69, 9.17) is 5.11 Å². The van der Waals surface area contributed by atoms with Gasteiger partial charge in [0.1, 0.15) is 0 Å². The Hall–Kier alpha value is -0.770. The van der Waals surface area contributed by atoms with Crippen LogP contribution in [0.5, 0.6) is 0 Å². The molecule has 0 unspecified atom stereocenters. The molecule has 2 aliphatic heterocycles. The molecule has 4 heteroatoms. The molecule has 0 aromatic carbocycles. The molecule has 0 aromatic rings. The van der Waals surface area contributed by atoms with Crippen LogP contribution in [0.1, 0.15) is 19.3 Å². The summed E-state index contributed by atoms with van der Waals surface area (Å²) >= 11 is 0. The minimum Gasteiger partial charge on any atom is -0.465 e. The Labute approximate surface area is 78.1 Å². The second-order valence-electron chi connectivity index (χ2n) is 3.93. The Morgan fingerprint density at radius 3 is 2.46 bits per heavy atom. The van der Waals surface area contributed by atoms with Crippen LogP contribution in [0, 0.1) is 0 Å². The zero-order valence-corrected chi connectivity index (χ0v) is 7.78. The molecule has 74 valence electrons. The molecule has 4 nitrogen and oxygen atoms in total. The SMILES string of the molecule is O=C(O)N1CC[C@H]1CN1CCCC1. The molecule has 2 saturated heterocycles. The Morgan fingerprint density at radius 1 is 1.31 bits per heavy atom. The fourth-order valence-corrected chi connectivity index (χ4v) is 2.15. The topological polar surface area (TPSA) is 43.8 Å². The van der Waals surface area contributed by atoms with Gasteiger partial charge in [-0.1, -0.05) is 0 Å². The van der Waals surface area contributed by atoms with Crippen LogP contribution in [0.3, 0.4) is 0 Å². The smallest absolute Gasteiger partial charge is 0.407 e. The Kier molecular flexibility index (Phi) is 2.40. The van der Waals surface area contributed by atoms with E-state index >= 15 is 0 Å².